The number of rotatable bonds is 1. The third kappa shape index (κ3) is 0.853. The summed E-state index contributed by atoms with van der Waals surface area (Å²) in [6, 6.07) is 3.98. The van der Waals surface area contributed by atoms with Crippen LogP contribution < -0.4 is 11.3 Å². The van der Waals surface area contributed by atoms with Crippen LogP contribution in [0.3, 0.4) is 0 Å². The number of hydrazine groups is 1. The van der Waals surface area contributed by atoms with E-state index >= 15 is 0 Å². The van der Waals surface area contributed by atoms with Crippen molar-refractivity contribution in [2.45, 2.75) is 6.92 Å². The number of nitrogens with zero attached hydrogens (tertiary/aromatic N) is 1. The molecule has 0 aliphatic rings. The highest BCUT2D eigenvalue weighted by Crippen LogP contribution is 2.23. The van der Waals surface area contributed by atoms with E-state index < -0.39 is 0 Å². The van der Waals surface area contributed by atoms with E-state index in [1.54, 1.807) is 6.20 Å². The SMILES string of the molecule is Cc1ccc2[nH]ncc2c1NN. The smallest absolute Gasteiger partial charge is 0.0671 e. The highest BCUT2D eigenvalue weighted by Gasteiger charge is 2.03. The summed E-state index contributed by atoms with van der Waals surface area (Å²) >= 11 is 0. The van der Waals surface area contributed by atoms with E-state index in [1.165, 1.54) is 0 Å². The first-order valence-corrected chi connectivity index (χ1v) is 3.72. The lowest BCUT2D eigenvalue weighted by Crippen LogP contribution is -2.08. The molecule has 0 saturated heterocycles. The number of nitrogens with two attached hydrogens (primary N) is 1. The Kier molecular flexibility index (Phi) is 1.48. The van der Waals surface area contributed by atoms with Crippen LogP contribution in [-0.2, 0) is 0 Å². The maximum absolute atomic E-state index is 5.38. The quantitative estimate of drug-likeness (QED) is 0.435. The van der Waals surface area contributed by atoms with Crippen molar-refractivity contribution < 1.29 is 0 Å². The van der Waals surface area contributed by atoms with Gasteiger partial charge in [-0.25, -0.2) is 0 Å². The summed E-state index contributed by atoms with van der Waals surface area (Å²) in [7, 11) is 0. The molecular weight excluding hydrogens is 152 g/mol. The first kappa shape index (κ1) is 7.12. The molecular formula is C8H10N4. The Balaban J connectivity index is 2.83. The van der Waals surface area contributed by atoms with Crippen molar-refractivity contribution in [1.82, 2.24) is 10.2 Å². The van der Waals surface area contributed by atoms with Gasteiger partial charge in [0, 0.05) is 5.39 Å². The number of aromatic amines is 1. The number of nitrogen functional groups attached to an aromatic ring is 1. The summed E-state index contributed by atoms with van der Waals surface area (Å²) in [5, 5.41) is 7.83. The first-order valence-electron chi connectivity index (χ1n) is 3.72. The van der Waals surface area contributed by atoms with Gasteiger partial charge in [-0.1, -0.05) is 6.07 Å². The summed E-state index contributed by atoms with van der Waals surface area (Å²) < 4.78 is 0. The maximum atomic E-state index is 5.38. The monoisotopic (exact) mass is 162 g/mol. The van der Waals surface area contributed by atoms with Crippen molar-refractivity contribution in [3.8, 4) is 0 Å². The molecule has 0 atom stereocenters. The van der Waals surface area contributed by atoms with Crippen LogP contribution >= 0.6 is 0 Å². The normalized spacial score (nSPS) is 10.5. The summed E-state index contributed by atoms with van der Waals surface area (Å²) in [5.41, 5.74) is 5.71. The van der Waals surface area contributed by atoms with Crippen LogP contribution in [0.1, 0.15) is 5.56 Å². The number of H-pyrrole nitrogens is 1. The standard InChI is InChI=1S/C8H10N4/c1-5-2-3-7-6(4-10-12-7)8(5)11-9/h2-4,11H,9H2,1H3,(H,10,12). The van der Waals surface area contributed by atoms with Crippen LogP contribution in [0.4, 0.5) is 5.69 Å². The molecule has 0 aliphatic carbocycles. The van der Waals surface area contributed by atoms with Crippen molar-refractivity contribution >= 4 is 16.6 Å². The summed E-state index contributed by atoms with van der Waals surface area (Å²) in [5.74, 6) is 5.38. The van der Waals surface area contributed by atoms with Crippen molar-refractivity contribution in [2.24, 2.45) is 5.84 Å². The lowest BCUT2D eigenvalue weighted by atomic mass is 10.1. The summed E-state index contributed by atoms with van der Waals surface area (Å²) in [6.45, 7) is 2.00. The Bertz CT molecular complexity index is 404. The van der Waals surface area contributed by atoms with Crippen molar-refractivity contribution in [1.29, 1.82) is 0 Å². The number of aromatic nitrogens is 2. The van der Waals surface area contributed by atoms with E-state index in [9.17, 15) is 0 Å². The molecule has 4 N–H and O–H groups in total. The fourth-order valence-electron chi connectivity index (χ4n) is 1.32. The number of fused-ring (bicyclic) bond motifs is 1. The van der Waals surface area contributed by atoms with Gasteiger partial charge in [-0.3, -0.25) is 10.9 Å². The molecule has 1 heterocycles. The Hall–Kier alpha value is -1.55. The van der Waals surface area contributed by atoms with Gasteiger partial charge in [0.05, 0.1) is 17.4 Å². The number of aryl methyl sites for hydroxylation is 1. The van der Waals surface area contributed by atoms with Crippen LogP contribution in [0.25, 0.3) is 10.9 Å². The van der Waals surface area contributed by atoms with Crippen LogP contribution in [0, 0.1) is 6.92 Å². The molecule has 2 aromatic rings. The molecule has 0 aliphatic heterocycles. The fourth-order valence-corrected chi connectivity index (χ4v) is 1.32. The Morgan fingerprint density at radius 1 is 1.50 bits per heavy atom. The largest absolute Gasteiger partial charge is 0.323 e. The topological polar surface area (TPSA) is 66.7 Å². The molecule has 0 fully saturated rings. The van der Waals surface area contributed by atoms with Gasteiger partial charge < -0.3 is 5.43 Å². The molecule has 0 radical (unpaired) electrons. The molecule has 2 rings (SSSR count). The number of benzene rings is 1. The zero-order chi connectivity index (χ0) is 8.55. The molecule has 0 amide bonds. The molecule has 1 aromatic carbocycles. The summed E-state index contributed by atoms with van der Waals surface area (Å²) in [4.78, 5) is 0. The minimum absolute atomic E-state index is 0.932. The van der Waals surface area contributed by atoms with Crippen molar-refractivity contribution in [2.75, 3.05) is 5.43 Å². The third-order valence-corrected chi connectivity index (χ3v) is 1.98. The first-order chi connectivity index (χ1) is 5.83. The molecule has 4 heteroatoms. The molecule has 4 nitrogen and oxygen atoms in total. The predicted molar refractivity (Wildman–Crippen MR) is 48.6 cm³/mol. The zero-order valence-electron chi connectivity index (χ0n) is 6.76. The van der Waals surface area contributed by atoms with Gasteiger partial charge in [0.1, 0.15) is 0 Å². The lowest BCUT2D eigenvalue weighted by Gasteiger charge is -2.04. The van der Waals surface area contributed by atoms with E-state index in [0.29, 0.717) is 0 Å². The molecule has 12 heavy (non-hydrogen) atoms. The Labute approximate surface area is 69.7 Å². The second-order valence-corrected chi connectivity index (χ2v) is 2.73. The van der Waals surface area contributed by atoms with Gasteiger partial charge in [-0.05, 0) is 18.6 Å². The fraction of sp³-hybridized carbons (Fsp3) is 0.125. The second-order valence-electron chi connectivity index (χ2n) is 2.73. The van der Waals surface area contributed by atoms with Crippen LogP contribution in [0.2, 0.25) is 0 Å². The van der Waals surface area contributed by atoms with E-state index in [4.69, 9.17) is 5.84 Å². The minimum atomic E-state index is 0.932. The van der Waals surface area contributed by atoms with Gasteiger partial charge >= 0.3 is 0 Å². The highest BCUT2D eigenvalue weighted by molar-refractivity contribution is 5.92. The summed E-state index contributed by atoms with van der Waals surface area (Å²) in [6.07, 6.45) is 1.76. The van der Waals surface area contributed by atoms with Gasteiger partial charge in [0.15, 0.2) is 0 Å². The van der Waals surface area contributed by atoms with Crippen molar-refractivity contribution in [3.63, 3.8) is 0 Å². The number of hydrogen-bond acceptors (Lipinski definition) is 3. The molecule has 0 saturated carbocycles. The van der Waals surface area contributed by atoms with Crippen LogP contribution in [-0.4, -0.2) is 10.2 Å². The molecule has 0 bridgehead atoms. The predicted octanol–water partition coefficient (Wildman–Crippen LogP) is 1.16. The zero-order valence-corrected chi connectivity index (χ0v) is 6.76. The van der Waals surface area contributed by atoms with E-state index in [2.05, 4.69) is 15.6 Å². The van der Waals surface area contributed by atoms with E-state index in [0.717, 1.165) is 22.2 Å². The Morgan fingerprint density at radius 2 is 2.33 bits per heavy atom. The number of hydrogen-bond donors (Lipinski definition) is 3. The van der Waals surface area contributed by atoms with Crippen LogP contribution in [0.5, 0.6) is 0 Å². The maximum Gasteiger partial charge on any atom is 0.0671 e. The van der Waals surface area contributed by atoms with E-state index in [-0.39, 0.29) is 0 Å². The molecule has 62 valence electrons. The van der Waals surface area contributed by atoms with Gasteiger partial charge in [-0.2, -0.15) is 5.10 Å². The molecule has 0 spiro atoms. The minimum Gasteiger partial charge on any atom is -0.323 e. The van der Waals surface area contributed by atoms with Gasteiger partial charge in [0.2, 0.25) is 0 Å². The van der Waals surface area contributed by atoms with Crippen molar-refractivity contribution in [3.05, 3.63) is 23.9 Å². The molecule has 0 unspecified atom stereocenters. The lowest BCUT2D eigenvalue weighted by molar-refractivity contribution is 1.12. The van der Waals surface area contributed by atoms with Crippen LogP contribution in [0.15, 0.2) is 18.3 Å². The number of nitrogens with one attached hydrogen (secondary N) is 2. The Morgan fingerprint density at radius 3 is 3.08 bits per heavy atom. The average Bonchev–Trinajstić information content (AvgIpc) is 2.52. The molecule has 1 aromatic heterocycles. The third-order valence-electron chi connectivity index (χ3n) is 1.98. The second kappa shape index (κ2) is 2.49. The highest BCUT2D eigenvalue weighted by atomic mass is 15.2. The van der Waals surface area contributed by atoms with Gasteiger partial charge in [0.25, 0.3) is 0 Å². The average molecular weight is 162 g/mol. The van der Waals surface area contributed by atoms with Gasteiger partial charge in [-0.15, -0.1) is 0 Å². The number of anilines is 1. The van der Waals surface area contributed by atoms with E-state index in [1.807, 2.05) is 19.1 Å².